The molecule has 1 aliphatic heterocycles. The number of halogens is 2. The minimum absolute atomic E-state index is 0. The van der Waals surface area contributed by atoms with Crippen LogP contribution in [-0.2, 0) is 10.0 Å². The molecule has 2 heterocycles. The number of sulfonamides is 1. The Kier molecular flexibility index (Phi) is 8.84. The summed E-state index contributed by atoms with van der Waals surface area (Å²) in [4.78, 5) is 2.42. The van der Waals surface area contributed by atoms with Crippen LogP contribution < -0.4 is 10.0 Å². The normalized spacial score (nSPS) is 15.2. The number of benzene rings is 1. The first kappa shape index (κ1) is 21.9. The molecular weight excluding hydrogens is 385 g/mol. The predicted molar refractivity (Wildman–Crippen MR) is 103 cm³/mol. The Morgan fingerprint density at radius 2 is 1.80 bits per heavy atom. The molecule has 0 bridgehead atoms. The van der Waals surface area contributed by atoms with E-state index < -0.39 is 10.0 Å². The Morgan fingerprint density at radius 1 is 1.12 bits per heavy atom. The second-order valence-electron chi connectivity index (χ2n) is 5.45. The van der Waals surface area contributed by atoms with Crippen molar-refractivity contribution in [2.24, 2.45) is 0 Å². The zero-order chi connectivity index (χ0) is 16.1. The molecule has 1 saturated heterocycles. The number of piperazine rings is 1. The number of rotatable bonds is 6. The number of para-hydroxylation sites is 1. The SMILES string of the molecule is Cl.Cl.O=S(=O)(NCCN1CCNCC1)c1cnn(-c2ccccc2)c1. The average Bonchev–Trinajstić information content (AvgIpc) is 3.07. The number of aromatic nitrogens is 2. The lowest BCUT2D eigenvalue weighted by Crippen LogP contribution is -2.46. The van der Waals surface area contributed by atoms with Crippen molar-refractivity contribution in [2.75, 3.05) is 39.3 Å². The van der Waals surface area contributed by atoms with Crippen molar-refractivity contribution in [2.45, 2.75) is 4.90 Å². The van der Waals surface area contributed by atoms with Gasteiger partial charge >= 0.3 is 0 Å². The summed E-state index contributed by atoms with van der Waals surface area (Å²) in [6.45, 7) is 4.93. The summed E-state index contributed by atoms with van der Waals surface area (Å²) in [7, 11) is -3.52. The van der Waals surface area contributed by atoms with Crippen LogP contribution in [0.3, 0.4) is 0 Å². The van der Waals surface area contributed by atoms with Crippen molar-refractivity contribution in [3.63, 3.8) is 0 Å². The van der Waals surface area contributed by atoms with Gasteiger partial charge in [-0.15, -0.1) is 24.8 Å². The van der Waals surface area contributed by atoms with Crippen molar-refractivity contribution in [3.05, 3.63) is 42.7 Å². The summed E-state index contributed by atoms with van der Waals surface area (Å²) >= 11 is 0. The minimum atomic E-state index is -3.52. The average molecular weight is 408 g/mol. The van der Waals surface area contributed by atoms with E-state index in [1.165, 1.54) is 12.4 Å². The number of hydrogen-bond acceptors (Lipinski definition) is 5. The highest BCUT2D eigenvalue weighted by Crippen LogP contribution is 2.11. The highest BCUT2D eigenvalue weighted by atomic mass is 35.5. The van der Waals surface area contributed by atoms with Gasteiger partial charge in [0.25, 0.3) is 0 Å². The summed E-state index contributed by atoms with van der Waals surface area (Å²) in [5.41, 5.74) is 0.828. The second kappa shape index (κ2) is 10.1. The van der Waals surface area contributed by atoms with Gasteiger partial charge in [-0.3, -0.25) is 4.90 Å². The second-order valence-corrected chi connectivity index (χ2v) is 7.21. The maximum atomic E-state index is 12.3. The van der Waals surface area contributed by atoms with Gasteiger partial charge in [-0.2, -0.15) is 5.10 Å². The summed E-state index contributed by atoms with van der Waals surface area (Å²) < 4.78 is 28.9. The Labute approximate surface area is 160 Å². The molecule has 10 heteroatoms. The van der Waals surface area contributed by atoms with Gasteiger partial charge in [0.05, 0.1) is 18.1 Å². The smallest absolute Gasteiger partial charge is 0.243 e. The molecule has 0 atom stereocenters. The van der Waals surface area contributed by atoms with Crippen LogP contribution in [0.1, 0.15) is 0 Å². The topological polar surface area (TPSA) is 79.3 Å². The quantitative estimate of drug-likeness (QED) is 0.743. The van der Waals surface area contributed by atoms with Crippen LogP contribution in [0, 0.1) is 0 Å². The van der Waals surface area contributed by atoms with Crippen molar-refractivity contribution in [1.82, 2.24) is 24.7 Å². The van der Waals surface area contributed by atoms with E-state index in [0.717, 1.165) is 31.9 Å². The number of hydrogen-bond donors (Lipinski definition) is 2. The van der Waals surface area contributed by atoms with Crippen LogP contribution in [0.25, 0.3) is 5.69 Å². The van der Waals surface area contributed by atoms with Gasteiger partial charge in [-0.25, -0.2) is 17.8 Å². The van der Waals surface area contributed by atoms with E-state index in [9.17, 15) is 8.42 Å². The van der Waals surface area contributed by atoms with Crippen molar-refractivity contribution in [3.8, 4) is 5.69 Å². The molecule has 0 spiro atoms. The lowest BCUT2D eigenvalue weighted by molar-refractivity contribution is 0.245. The van der Waals surface area contributed by atoms with Crippen LogP contribution in [0.4, 0.5) is 0 Å². The zero-order valence-electron chi connectivity index (χ0n) is 13.7. The highest BCUT2D eigenvalue weighted by molar-refractivity contribution is 7.89. The molecule has 0 unspecified atom stereocenters. The van der Waals surface area contributed by atoms with Gasteiger partial charge < -0.3 is 5.32 Å². The van der Waals surface area contributed by atoms with Gasteiger partial charge in [0.15, 0.2) is 0 Å². The van der Waals surface area contributed by atoms with Gasteiger partial charge in [0.1, 0.15) is 4.90 Å². The van der Waals surface area contributed by atoms with Crippen LogP contribution >= 0.6 is 24.8 Å². The van der Waals surface area contributed by atoms with E-state index in [4.69, 9.17) is 0 Å². The van der Waals surface area contributed by atoms with Crippen LogP contribution in [0.5, 0.6) is 0 Å². The summed E-state index contributed by atoms with van der Waals surface area (Å²) in [6.07, 6.45) is 2.91. The summed E-state index contributed by atoms with van der Waals surface area (Å²) in [5.74, 6) is 0. The third-order valence-corrected chi connectivity index (χ3v) is 5.24. The molecule has 1 fully saturated rings. The molecular formula is C15H23Cl2N5O2S. The molecule has 1 aromatic carbocycles. The highest BCUT2D eigenvalue weighted by Gasteiger charge is 2.17. The fourth-order valence-electron chi connectivity index (χ4n) is 2.52. The molecule has 0 amide bonds. The van der Waals surface area contributed by atoms with Crippen molar-refractivity contribution >= 4 is 34.8 Å². The van der Waals surface area contributed by atoms with E-state index in [0.29, 0.717) is 13.1 Å². The Bertz CT molecular complexity index is 733. The first-order chi connectivity index (χ1) is 11.1. The Balaban J connectivity index is 0.00000156. The van der Waals surface area contributed by atoms with E-state index >= 15 is 0 Å². The molecule has 0 saturated carbocycles. The van der Waals surface area contributed by atoms with Crippen LogP contribution in [-0.4, -0.2) is 62.4 Å². The molecule has 1 aromatic heterocycles. The third-order valence-electron chi connectivity index (χ3n) is 3.82. The molecule has 1 aliphatic rings. The molecule has 0 aliphatic carbocycles. The lowest BCUT2D eigenvalue weighted by atomic mass is 10.3. The standard InChI is InChI=1S/C15H21N5O2S.2ClH/c21-23(22,18-8-11-19-9-6-16-7-10-19)15-12-17-20(13-15)14-4-2-1-3-5-14;;/h1-5,12-13,16,18H,6-11H2;2*1H. The molecule has 2 N–H and O–H groups in total. The lowest BCUT2D eigenvalue weighted by Gasteiger charge is -2.26. The van der Waals surface area contributed by atoms with E-state index in [-0.39, 0.29) is 29.7 Å². The molecule has 2 aromatic rings. The van der Waals surface area contributed by atoms with Gasteiger partial charge in [0, 0.05) is 39.3 Å². The van der Waals surface area contributed by atoms with Crippen molar-refractivity contribution in [1.29, 1.82) is 0 Å². The number of nitrogens with one attached hydrogen (secondary N) is 2. The van der Waals surface area contributed by atoms with E-state index in [2.05, 4.69) is 20.0 Å². The molecule has 3 rings (SSSR count). The monoisotopic (exact) mass is 407 g/mol. The molecule has 25 heavy (non-hydrogen) atoms. The maximum Gasteiger partial charge on any atom is 0.243 e. The zero-order valence-corrected chi connectivity index (χ0v) is 16.1. The fraction of sp³-hybridized carbons (Fsp3) is 0.400. The Morgan fingerprint density at radius 3 is 2.48 bits per heavy atom. The predicted octanol–water partition coefficient (Wildman–Crippen LogP) is 0.899. The van der Waals surface area contributed by atoms with Gasteiger partial charge in [-0.1, -0.05) is 18.2 Å². The number of nitrogens with zero attached hydrogens (tertiary/aromatic N) is 3. The molecule has 0 radical (unpaired) electrons. The first-order valence-corrected chi connectivity index (χ1v) is 9.16. The van der Waals surface area contributed by atoms with Crippen molar-refractivity contribution < 1.29 is 8.42 Å². The summed E-state index contributed by atoms with van der Waals surface area (Å²) in [5, 5.41) is 7.40. The third kappa shape index (κ3) is 5.95. The van der Waals surface area contributed by atoms with Crippen LogP contribution in [0.15, 0.2) is 47.6 Å². The summed E-state index contributed by atoms with van der Waals surface area (Å²) in [6, 6.07) is 9.43. The van der Waals surface area contributed by atoms with Gasteiger partial charge in [-0.05, 0) is 12.1 Å². The molecule has 140 valence electrons. The van der Waals surface area contributed by atoms with Crippen LogP contribution in [0.2, 0.25) is 0 Å². The van der Waals surface area contributed by atoms with E-state index in [1.807, 2.05) is 30.3 Å². The first-order valence-electron chi connectivity index (χ1n) is 7.68. The maximum absolute atomic E-state index is 12.3. The van der Waals surface area contributed by atoms with E-state index in [1.54, 1.807) is 4.68 Å². The Hall–Kier alpha value is -1.16. The largest absolute Gasteiger partial charge is 0.314 e. The fourth-order valence-corrected chi connectivity index (χ4v) is 3.47. The van der Waals surface area contributed by atoms with Gasteiger partial charge in [0.2, 0.25) is 10.0 Å². The molecule has 7 nitrogen and oxygen atoms in total. The minimum Gasteiger partial charge on any atom is -0.314 e.